The van der Waals surface area contributed by atoms with Gasteiger partial charge in [0.25, 0.3) is 5.91 Å². The maximum absolute atomic E-state index is 12.0. The topological polar surface area (TPSA) is 135 Å². The van der Waals surface area contributed by atoms with Crippen LogP contribution in [0.25, 0.3) is 11.0 Å². The summed E-state index contributed by atoms with van der Waals surface area (Å²) >= 11 is 0. The summed E-state index contributed by atoms with van der Waals surface area (Å²) in [4.78, 5) is 46.4. The number of amides is 2. The van der Waals surface area contributed by atoms with Gasteiger partial charge in [-0.15, -0.1) is 0 Å². The number of rotatable bonds is 8. The number of fused-ring (bicyclic) bond motifs is 1. The van der Waals surface area contributed by atoms with E-state index in [1.165, 1.54) is 6.07 Å². The van der Waals surface area contributed by atoms with E-state index in [1.54, 1.807) is 25.1 Å². The van der Waals surface area contributed by atoms with Crippen molar-refractivity contribution in [1.82, 2.24) is 10.6 Å². The summed E-state index contributed by atoms with van der Waals surface area (Å²) in [6.07, 6.45) is 2.79. The molecule has 0 spiro atoms. The lowest BCUT2D eigenvalue weighted by atomic mass is 9.82. The smallest absolute Gasteiger partial charge is 0.336 e. The van der Waals surface area contributed by atoms with Crippen LogP contribution in [-0.2, 0) is 14.4 Å². The average Bonchev–Trinajstić information content (AvgIpc) is 2.74. The minimum absolute atomic E-state index is 0.168. The standard InChI is InChI=1S/C22H26N2O7/c1-13-8-21(27)31-18-9-16(6-7-17(13)18)30-12-20(26)24-11-19(25)23-10-14-2-4-15(5-3-14)22(28)29/h6-9,14-15H,2-5,10-12H2,1H3,(H,23,25)(H,24,26)(H,28,29). The fourth-order valence-corrected chi connectivity index (χ4v) is 3.71. The largest absolute Gasteiger partial charge is 0.484 e. The lowest BCUT2D eigenvalue weighted by Gasteiger charge is -2.26. The number of carbonyl (C=O) groups is 3. The van der Waals surface area contributed by atoms with Crippen molar-refractivity contribution in [2.75, 3.05) is 19.7 Å². The van der Waals surface area contributed by atoms with Crippen LogP contribution in [0.1, 0.15) is 31.2 Å². The average molecular weight is 430 g/mol. The summed E-state index contributed by atoms with van der Waals surface area (Å²) < 4.78 is 10.6. The van der Waals surface area contributed by atoms with E-state index in [4.69, 9.17) is 14.3 Å². The molecule has 0 radical (unpaired) electrons. The van der Waals surface area contributed by atoms with Crippen molar-refractivity contribution in [2.45, 2.75) is 32.6 Å². The van der Waals surface area contributed by atoms with E-state index in [2.05, 4.69) is 10.6 Å². The summed E-state index contributed by atoms with van der Waals surface area (Å²) in [6, 6.07) is 6.37. The van der Waals surface area contributed by atoms with E-state index in [0.29, 0.717) is 30.7 Å². The molecule has 0 unspecified atom stereocenters. The van der Waals surface area contributed by atoms with Crippen LogP contribution in [-0.4, -0.2) is 42.6 Å². The molecule has 2 aromatic rings. The molecule has 31 heavy (non-hydrogen) atoms. The minimum Gasteiger partial charge on any atom is -0.484 e. The van der Waals surface area contributed by atoms with Crippen LogP contribution < -0.4 is 21.0 Å². The van der Waals surface area contributed by atoms with Gasteiger partial charge in [0, 0.05) is 24.1 Å². The van der Waals surface area contributed by atoms with Gasteiger partial charge in [0.15, 0.2) is 6.61 Å². The summed E-state index contributed by atoms with van der Waals surface area (Å²) in [5, 5.41) is 15.1. The van der Waals surface area contributed by atoms with E-state index in [9.17, 15) is 19.2 Å². The van der Waals surface area contributed by atoms with Gasteiger partial charge in [-0.05, 0) is 56.2 Å². The van der Waals surface area contributed by atoms with Gasteiger partial charge in [0.2, 0.25) is 5.91 Å². The lowest BCUT2D eigenvalue weighted by molar-refractivity contribution is -0.143. The van der Waals surface area contributed by atoms with Gasteiger partial charge in [0.05, 0.1) is 12.5 Å². The van der Waals surface area contributed by atoms with Gasteiger partial charge in [-0.2, -0.15) is 0 Å². The van der Waals surface area contributed by atoms with Gasteiger partial charge in [0.1, 0.15) is 11.3 Å². The number of benzene rings is 1. The second-order valence-electron chi connectivity index (χ2n) is 7.83. The highest BCUT2D eigenvalue weighted by molar-refractivity contribution is 5.85. The SMILES string of the molecule is Cc1cc(=O)oc2cc(OCC(=O)NCC(=O)NCC3CCC(C(=O)O)CC3)ccc12. The first-order valence-electron chi connectivity index (χ1n) is 10.3. The van der Waals surface area contributed by atoms with Crippen molar-refractivity contribution >= 4 is 28.8 Å². The molecule has 1 aromatic carbocycles. The molecule has 1 fully saturated rings. The Hall–Kier alpha value is -3.36. The molecule has 3 rings (SSSR count). The predicted octanol–water partition coefficient (Wildman–Crippen LogP) is 1.60. The van der Waals surface area contributed by atoms with E-state index >= 15 is 0 Å². The van der Waals surface area contributed by atoms with Crippen LogP contribution in [0.4, 0.5) is 0 Å². The molecule has 0 atom stereocenters. The fourth-order valence-electron chi connectivity index (χ4n) is 3.71. The van der Waals surface area contributed by atoms with Gasteiger partial charge in [-0.25, -0.2) is 4.79 Å². The summed E-state index contributed by atoms with van der Waals surface area (Å²) in [6.45, 7) is 1.82. The van der Waals surface area contributed by atoms with E-state index in [0.717, 1.165) is 23.8 Å². The molecule has 0 aliphatic heterocycles. The third kappa shape index (κ3) is 6.31. The van der Waals surface area contributed by atoms with Crippen LogP contribution >= 0.6 is 0 Å². The molecule has 1 heterocycles. The van der Waals surface area contributed by atoms with Crippen molar-refractivity contribution in [3.8, 4) is 5.75 Å². The summed E-state index contributed by atoms with van der Waals surface area (Å²) in [5.41, 5.74) is 0.706. The van der Waals surface area contributed by atoms with Crippen LogP contribution in [0, 0.1) is 18.8 Å². The highest BCUT2D eigenvalue weighted by Crippen LogP contribution is 2.28. The van der Waals surface area contributed by atoms with Crippen molar-refractivity contribution in [1.29, 1.82) is 0 Å². The van der Waals surface area contributed by atoms with Crippen molar-refractivity contribution < 1.29 is 28.6 Å². The number of hydrogen-bond donors (Lipinski definition) is 3. The lowest BCUT2D eigenvalue weighted by Crippen LogP contribution is -2.41. The number of hydrogen-bond acceptors (Lipinski definition) is 6. The summed E-state index contributed by atoms with van der Waals surface area (Å²) in [5.74, 6) is -1.17. The molecule has 1 saturated carbocycles. The molecule has 0 saturated heterocycles. The maximum atomic E-state index is 12.0. The Morgan fingerprint density at radius 3 is 2.55 bits per heavy atom. The monoisotopic (exact) mass is 430 g/mol. The summed E-state index contributed by atoms with van der Waals surface area (Å²) in [7, 11) is 0. The number of ether oxygens (including phenoxy) is 1. The second kappa shape index (κ2) is 10.1. The molecule has 3 N–H and O–H groups in total. The van der Waals surface area contributed by atoms with E-state index in [1.807, 2.05) is 0 Å². The van der Waals surface area contributed by atoms with E-state index < -0.39 is 17.5 Å². The van der Waals surface area contributed by atoms with Crippen LogP contribution in [0.2, 0.25) is 0 Å². The number of nitrogens with one attached hydrogen (secondary N) is 2. The first kappa shape index (κ1) is 22.3. The number of carboxylic acids is 1. The Bertz CT molecular complexity index is 1020. The molecule has 0 bridgehead atoms. The molecule has 9 nitrogen and oxygen atoms in total. The highest BCUT2D eigenvalue weighted by Gasteiger charge is 2.25. The van der Waals surface area contributed by atoms with Crippen LogP contribution in [0.5, 0.6) is 5.75 Å². The van der Waals surface area contributed by atoms with Crippen molar-refractivity contribution in [3.05, 3.63) is 40.2 Å². The molecular formula is C22H26N2O7. The Labute approximate surface area is 178 Å². The first-order chi connectivity index (χ1) is 14.8. The zero-order valence-electron chi connectivity index (χ0n) is 17.3. The first-order valence-corrected chi connectivity index (χ1v) is 10.3. The molecular weight excluding hydrogens is 404 g/mol. The normalized spacial score (nSPS) is 18.4. The predicted molar refractivity (Wildman–Crippen MR) is 112 cm³/mol. The molecule has 2 amide bonds. The number of aryl methyl sites for hydroxylation is 1. The van der Waals surface area contributed by atoms with Crippen LogP contribution in [0.15, 0.2) is 33.5 Å². The third-order valence-electron chi connectivity index (χ3n) is 5.52. The zero-order valence-corrected chi connectivity index (χ0v) is 17.3. The number of carbonyl (C=O) groups excluding carboxylic acids is 2. The molecule has 1 aliphatic carbocycles. The van der Waals surface area contributed by atoms with Gasteiger partial charge >= 0.3 is 11.6 Å². The van der Waals surface area contributed by atoms with Crippen molar-refractivity contribution in [2.24, 2.45) is 11.8 Å². The fraction of sp³-hybridized carbons (Fsp3) is 0.455. The Kier molecular flexibility index (Phi) is 7.28. The number of carboxylic acid groups (broad SMARTS) is 1. The van der Waals surface area contributed by atoms with E-state index in [-0.39, 0.29) is 30.9 Å². The molecule has 1 aliphatic rings. The Morgan fingerprint density at radius 2 is 1.84 bits per heavy atom. The maximum Gasteiger partial charge on any atom is 0.336 e. The third-order valence-corrected chi connectivity index (χ3v) is 5.52. The minimum atomic E-state index is -0.754. The van der Waals surface area contributed by atoms with Crippen molar-refractivity contribution in [3.63, 3.8) is 0 Å². The zero-order chi connectivity index (χ0) is 22.4. The quantitative estimate of drug-likeness (QED) is 0.542. The van der Waals surface area contributed by atoms with Gasteiger partial charge < -0.3 is 24.9 Å². The Balaban J connectivity index is 1.37. The highest BCUT2D eigenvalue weighted by atomic mass is 16.5. The molecule has 166 valence electrons. The molecule has 9 heteroatoms. The van der Waals surface area contributed by atoms with Gasteiger partial charge in [-0.3, -0.25) is 14.4 Å². The molecule has 1 aromatic heterocycles. The Morgan fingerprint density at radius 1 is 1.10 bits per heavy atom. The van der Waals surface area contributed by atoms with Crippen LogP contribution in [0.3, 0.4) is 0 Å². The van der Waals surface area contributed by atoms with Gasteiger partial charge in [-0.1, -0.05) is 0 Å². The second-order valence-corrected chi connectivity index (χ2v) is 7.83. The number of aliphatic carboxylic acids is 1.